The fourth-order valence-electron chi connectivity index (χ4n) is 3.31. The van der Waals surface area contributed by atoms with E-state index in [0.29, 0.717) is 11.4 Å². The van der Waals surface area contributed by atoms with E-state index in [1.165, 1.54) is 12.1 Å². The number of fused-ring (bicyclic) bond motifs is 1. The van der Waals surface area contributed by atoms with Crippen LogP contribution in [0.25, 0.3) is 10.8 Å². The van der Waals surface area contributed by atoms with Crippen molar-refractivity contribution in [2.24, 2.45) is 10.2 Å². The average Bonchev–Trinajstić information content (AvgIpc) is 2.80. The number of hydrogen-bond donors (Lipinski definition) is 3. The molecule has 0 aliphatic heterocycles. The van der Waals surface area contributed by atoms with E-state index in [9.17, 15) is 33.3 Å². The zero-order valence-corrected chi connectivity index (χ0v) is 22.0. The number of halogens is 1. The Morgan fingerprint density at radius 1 is 0.861 bits per heavy atom. The molecule has 0 fully saturated rings. The summed E-state index contributed by atoms with van der Waals surface area (Å²) in [5.41, 5.74) is -0.382. The van der Waals surface area contributed by atoms with Crippen molar-refractivity contribution >= 4 is 60.9 Å². The molecule has 14 heteroatoms. The molecular formula is C22H14ClN4NaO7S. The minimum atomic E-state index is -5.02. The topological polar surface area (TPSA) is 178 Å². The van der Waals surface area contributed by atoms with Crippen LogP contribution in [-0.2, 0) is 10.1 Å². The minimum Gasteiger partial charge on any atom is -0.744 e. The van der Waals surface area contributed by atoms with Crippen molar-refractivity contribution in [3.05, 3.63) is 81.9 Å². The number of nitro groups is 1. The van der Waals surface area contributed by atoms with Crippen LogP contribution in [0.2, 0.25) is 5.02 Å². The second-order valence-corrected chi connectivity index (χ2v) is 8.98. The zero-order valence-electron chi connectivity index (χ0n) is 18.4. The molecule has 3 N–H and O–H groups in total. The Bertz CT molecular complexity index is 1620. The molecule has 4 aromatic carbocycles. The maximum absolute atomic E-state index is 12.0. The average molecular weight is 537 g/mol. The number of nitro benzene ring substituents is 1. The standard InChI is InChI=1S/C22H15ClN4O7S.Na/c23-12-8-17(22(29)19(9-12)27(30)31)25-26-18-11-20(35(32,33)34)16-10-14(6-7-15(16)21(18)28)24-13-4-2-1-3-5-13;/h1-11,24,28-29H,(H,32,33,34);/q;+1/p-1. The third kappa shape index (κ3) is 5.75. The number of aromatic hydroxyl groups is 2. The van der Waals surface area contributed by atoms with Crippen LogP contribution in [0.3, 0.4) is 0 Å². The Morgan fingerprint density at radius 3 is 2.11 bits per heavy atom. The van der Waals surface area contributed by atoms with Gasteiger partial charge in [0.25, 0.3) is 0 Å². The summed E-state index contributed by atoms with van der Waals surface area (Å²) in [6.45, 7) is 0. The molecule has 0 aliphatic rings. The predicted octanol–water partition coefficient (Wildman–Crippen LogP) is 2.88. The Kier molecular flexibility index (Phi) is 8.19. The monoisotopic (exact) mass is 536 g/mol. The molecule has 178 valence electrons. The Hall–Kier alpha value is -3.26. The molecule has 0 aliphatic carbocycles. The van der Waals surface area contributed by atoms with Crippen molar-refractivity contribution in [1.82, 2.24) is 0 Å². The number of azo groups is 1. The van der Waals surface area contributed by atoms with E-state index in [-0.39, 0.29) is 45.4 Å². The van der Waals surface area contributed by atoms with E-state index in [1.54, 1.807) is 30.3 Å². The molecule has 0 bridgehead atoms. The molecule has 4 aromatic rings. The van der Waals surface area contributed by atoms with Gasteiger partial charge >= 0.3 is 35.2 Å². The van der Waals surface area contributed by atoms with Crippen molar-refractivity contribution in [1.29, 1.82) is 0 Å². The van der Waals surface area contributed by atoms with E-state index in [1.807, 2.05) is 6.07 Å². The third-order valence-corrected chi connectivity index (χ3v) is 5.97. The van der Waals surface area contributed by atoms with Crippen LogP contribution in [0.4, 0.5) is 28.4 Å². The van der Waals surface area contributed by atoms with Gasteiger partial charge in [-0.15, -0.1) is 10.2 Å². The summed E-state index contributed by atoms with van der Waals surface area (Å²) in [7, 11) is -5.02. The Balaban J connectivity index is 0.00000361. The molecule has 36 heavy (non-hydrogen) atoms. The van der Waals surface area contributed by atoms with Crippen molar-refractivity contribution in [2.45, 2.75) is 4.90 Å². The fourth-order valence-corrected chi connectivity index (χ4v) is 4.21. The zero-order chi connectivity index (χ0) is 25.3. The van der Waals surface area contributed by atoms with Crippen LogP contribution in [0.5, 0.6) is 11.5 Å². The summed E-state index contributed by atoms with van der Waals surface area (Å²) in [6.07, 6.45) is 0. The van der Waals surface area contributed by atoms with Crippen LogP contribution in [0.1, 0.15) is 0 Å². The van der Waals surface area contributed by atoms with Crippen molar-refractivity contribution in [3.63, 3.8) is 0 Å². The predicted molar refractivity (Wildman–Crippen MR) is 127 cm³/mol. The summed E-state index contributed by atoms with van der Waals surface area (Å²) in [4.78, 5) is 9.52. The van der Waals surface area contributed by atoms with Crippen molar-refractivity contribution in [3.8, 4) is 11.5 Å². The van der Waals surface area contributed by atoms with Crippen LogP contribution in [-0.4, -0.2) is 28.1 Å². The SMILES string of the molecule is O=[N+]([O-])c1cc(Cl)cc(N=Nc2cc(S(=O)(=O)[O-])c3cc(Nc4ccccc4)ccc3c2O)c1O.[Na+]. The van der Waals surface area contributed by atoms with Crippen LogP contribution in [0.15, 0.2) is 81.9 Å². The molecule has 4 rings (SSSR count). The van der Waals surface area contributed by atoms with Gasteiger partial charge in [-0.3, -0.25) is 10.1 Å². The molecule has 0 aromatic heterocycles. The normalized spacial score (nSPS) is 11.4. The smallest absolute Gasteiger partial charge is 0.744 e. The van der Waals surface area contributed by atoms with E-state index >= 15 is 0 Å². The van der Waals surface area contributed by atoms with E-state index in [2.05, 4.69) is 15.5 Å². The maximum atomic E-state index is 12.0. The molecule has 0 saturated heterocycles. The largest absolute Gasteiger partial charge is 1.00 e. The van der Waals surface area contributed by atoms with E-state index in [0.717, 1.165) is 18.2 Å². The third-order valence-electron chi connectivity index (χ3n) is 4.88. The molecular weight excluding hydrogens is 523 g/mol. The maximum Gasteiger partial charge on any atom is 1.00 e. The van der Waals surface area contributed by atoms with Crippen molar-refractivity contribution in [2.75, 3.05) is 5.32 Å². The van der Waals surface area contributed by atoms with E-state index < -0.39 is 48.5 Å². The van der Waals surface area contributed by atoms with Crippen LogP contribution >= 0.6 is 11.6 Å². The number of anilines is 2. The van der Waals surface area contributed by atoms with Gasteiger partial charge in [0.2, 0.25) is 5.75 Å². The summed E-state index contributed by atoms with van der Waals surface area (Å²) >= 11 is 5.82. The van der Waals surface area contributed by atoms with Gasteiger partial charge in [-0.1, -0.05) is 29.8 Å². The van der Waals surface area contributed by atoms with Crippen LogP contribution < -0.4 is 34.9 Å². The number of benzene rings is 4. The summed E-state index contributed by atoms with van der Waals surface area (Å²) in [6, 6.07) is 16.1. The molecule has 0 heterocycles. The first kappa shape index (κ1) is 27.3. The first-order valence-corrected chi connectivity index (χ1v) is 11.5. The molecule has 0 amide bonds. The number of phenolic OH excluding ortho intramolecular Hbond substituents is 2. The number of rotatable bonds is 6. The molecule has 0 spiro atoms. The number of hydrogen-bond acceptors (Lipinski definition) is 10. The van der Waals surface area contributed by atoms with Gasteiger partial charge < -0.3 is 20.1 Å². The number of nitrogens with one attached hydrogen (secondary N) is 1. The van der Waals surface area contributed by atoms with Gasteiger partial charge in [-0.25, -0.2) is 8.42 Å². The minimum absolute atomic E-state index is 0. The van der Waals surface area contributed by atoms with E-state index in [4.69, 9.17) is 11.6 Å². The number of phenols is 2. The van der Waals surface area contributed by atoms with Gasteiger partial charge in [0.15, 0.2) is 5.75 Å². The van der Waals surface area contributed by atoms with Crippen LogP contribution in [0, 0.1) is 10.1 Å². The first-order chi connectivity index (χ1) is 16.5. The summed E-state index contributed by atoms with van der Waals surface area (Å²) < 4.78 is 36.0. The Labute approximate surface area is 231 Å². The molecule has 0 unspecified atom stereocenters. The molecule has 0 atom stereocenters. The van der Waals surface area contributed by atoms with Crippen molar-refractivity contribution < 1.29 is 57.7 Å². The Morgan fingerprint density at radius 2 is 1.50 bits per heavy atom. The number of nitrogens with zero attached hydrogens (tertiary/aromatic N) is 3. The fraction of sp³-hybridized carbons (Fsp3) is 0. The van der Waals surface area contributed by atoms with Gasteiger partial charge in [0.05, 0.1) is 9.82 Å². The quantitative estimate of drug-likeness (QED) is 0.111. The second kappa shape index (κ2) is 10.8. The summed E-state index contributed by atoms with van der Waals surface area (Å²) in [5, 5.41) is 42.1. The second-order valence-electron chi connectivity index (χ2n) is 7.20. The van der Waals surface area contributed by atoms with Gasteiger partial charge in [0.1, 0.15) is 21.5 Å². The summed E-state index contributed by atoms with van der Waals surface area (Å²) in [5.74, 6) is -1.34. The first-order valence-electron chi connectivity index (χ1n) is 9.71. The molecule has 11 nitrogen and oxygen atoms in total. The number of para-hydroxylation sites is 1. The van der Waals surface area contributed by atoms with Gasteiger partial charge in [-0.2, -0.15) is 0 Å². The molecule has 0 radical (unpaired) electrons. The van der Waals surface area contributed by atoms with Gasteiger partial charge in [-0.05, 0) is 42.5 Å². The van der Waals surface area contributed by atoms with Gasteiger partial charge in [0, 0.05) is 33.2 Å². The molecule has 0 saturated carbocycles.